The molecule has 0 radical (unpaired) electrons. The van der Waals surface area contributed by atoms with E-state index in [9.17, 15) is 0 Å². The van der Waals surface area contributed by atoms with E-state index in [-0.39, 0.29) is 0 Å². The first-order valence-corrected chi connectivity index (χ1v) is 12.5. The fourth-order valence-electron chi connectivity index (χ4n) is 5.26. The van der Waals surface area contributed by atoms with Crippen LogP contribution in [0.15, 0.2) is 120 Å². The molecule has 178 valence electrons. The van der Waals surface area contributed by atoms with Crippen molar-refractivity contribution in [1.82, 2.24) is 19.9 Å². The summed E-state index contributed by atoms with van der Waals surface area (Å²) in [5.41, 5.74) is 6.66. The molecular formula is C33H20N4O. The zero-order valence-electron chi connectivity index (χ0n) is 20.2. The van der Waals surface area contributed by atoms with Gasteiger partial charge in [0.1, 0.15) is 11.2 Å². The van der Waals surface area contributed by atoms with Gasteiger partial charge in [-0.1, -0.05) is 78.9 Å². The summed E-state index contributed by atoms with van der Waals surface area (Å²) in [5, 5.41) is 4.47. The summed E-state index contributed by atoms with van der Waals surface area (Å²) in [7, 11) is 0. The number of fused-ring (bicyclic) bond motifs is 7. The molecule has 0 aliphatic heterocycles. The van der Waals surface area contributed by atoms with Gasteiger partial charge in [0.05, 0.1) is 10.9 Å². The van der Waals surface area contributed by atoms with Gasteiger partial charge in [-0.15, -0.1) is 0 Å². The summed E-state index contributed by atoms with van der Waals surface area (Å²) in [4.78, 5) is 18.3. The van der Waals surface area contributed by atoms with Crippen molar-refractivity contribution in [2.75, 3.05) is 0 Å². The van der Waals surface area contributed by atoms with Gasteiger partial charge in [-0.2, -0.15) is 0 Å². The maximum Gasteiger partial charge on any atom is 0.164 e. The van der Waals surface area contributed by atoms with Crippen LogP contribution in [0.5, 0.6) is 0 Å². The number of nitrogens with one attached hydrogen (secondary N) is 1. The van der Waals surface area contributed by atoms with Crippen LogP contribution in [0.25, 0.3) is 77.9 Å². The molecule has 0 bridgehead atoms. The van der Waals surface area contributed by atoms with Gasteiger partial charge in [-0.3, -0.25) is 0 Å². The Labute approximate surface area is 217 Å². The molecule has 38 heavy (non-hydrogen) atoms. The maximum atomic E-state index is 6.26. The topological polar surface area (TPSA) is 67.6 Å². The number of H-pyrrole nitrogens is 1. The van der Waals surface area contributed by atoms with E-state index >= 15 is 0 Å². The zero-order chi connectivity index (χ0) is 25.1. The summed E-state index contributed by atoms with van der Waals surface area (Å²) in [6.07, 6.45) is 0. The average Bonchev–Trinajstić information content (AvgIpc) is 3.55. The van der Waals surface area contributed by atoms with Crippen LogP contribution in [0.1, 0.15) is 0 Å². The quantitative estimate of drug-likeness (QED) is 0.271. The number of benzene rings is 5. The molecule has 0 atom stereocenters. The number of aromatic amines is 1. The smallest absolute Gasteiger partial charge is 0.164 e. The highest BCUT2D eigenvalue weighted by atomic mass is 16.3. The van der Waals surface area contributed by atoms with Crippen molar-refractivity contribution in [1.29, 1.82) is 0 Å². The van der Waals surface area contributed by atoms with E-state index in [0.717, 1.165) is 49.7 Å². The molecule has 0 aliphatic rings. The molecule has 0 aliphatic carbocycles. The van der Waals surface area contributed by atoms with Crippen molar-refractivity contribution in [3.8, 4) is 34.2 Å². The minimum atomic E-state index is 0.623. The average molecular weight is 489 g/mol. The fourth-order valence-corrected chi connectivity index (χ4v) is 5.26. The van der Waals surface area contributed by atoms with Gasteiger partial charge in [0.15, 0.2) is 17.5 Å². The maximum absolute atomic E-state index is 6.26. The summed E-state index contributed by atoms with van der Waals surface area (Å²) >= 11 is 0. The van der Waals surface area contributed by atoms with Crippen molar-refractivity contribution in [3.05, 3.63) is 115 Å². The molecular weight excluding hydrogens is 468 g/mol. The SMILES string of the molecule is c1ccc(-c2nc(-c3ccccc3)nc(-c3ccc4oc5ccc6c7ccccc7[nH]c6c5c4c3)n2)cc1. The normalized spacial score (nSPS) is 11.7. The Bertz CT molecular complexity index is 2070. The molecule has 0 unspecified atom stereocenters. The molecule has 8 aromatic rings. The number of nitrogens with zero attached hydrogens (tertiary/aromatic N) is 3. The third-order valence-electron chi connectivity index (χ3n) is 7.07. The lowest BCUT2D eigenvalue weighted by molar-refractivity contribution is 0.669. The first kappa shape index (κ1) is 20.9. The Morgan fingerprint density at radius 3 is 1.79 bits per heavy atom. The summed E-state index contributed by atoms with van der Waals surface area (Å²) in [6, 6.07) is 38.8. The van der Waals surface area contributed by atoms with E-state index in [1.807, 2.05) is 72.8 Å². The van der Waals surface area contributed by atoms with E-state index in [4.69, 9.17) is 19.4 Å². The highest BCUT2D eigenvalue weighted by Gasteiger charge is 2.17. The van der Waals surface area contributed by atoms with Crippen LogP contribution in [0.2, 0.25) is 0 Å². The van der Waals surface area contributed by atoms with Crippen LogP contribution in [0.4, 0.5) is 0 Å². The third kappa shape index (κ3) is 3.22. The molecule has 0 amide bonds. The van der Waals surface area contributed by atoms with Crippen molar-refractivity contribution < 1.29 is 4.42 Å². The summed E-state index contributed by atoms with van der Waals surface area (Å²) in [5.74, 6) is 1.91. The van der Waals surface area contributed by atoms with Crippen molar-refractivity contribution in [2.45, 2.75) is 0 Å². The first-order chi connectivity index (χ1) is 18.8. The van der Waals surface area contributed by atoms with Crippen LogP contribution in [-0.2, 0) is 0 Å². The van der Waals surface area contributed by atoms with E-state index in [2.05, 4.69) is 47.4 Å². The van der Waals surface area contributed by atoms with Gasteiger partial charge in [0.25, 0.3) is 0 Å². The number of hydrogen-bond acceptors (Lipinski definition) is 4. The molecule has 3 heterocycles. The van der Waals surface area contributed by atoms with Gasteiger partial charge in [0.2, 0.25) is 0 Å². The van der Waals surface area contributed by atoms with Gasteiger partial charge in [-0.05, 0) is 36.4 Å². The largest absolute Gasteiger partial charge is 0.456 e. The van der Waals surface area contributed by atoms with Gasteiger partial charge < -0.3 is 9.40 Å². The molecule has 0 fully saturated rings. The fraction of sp³-hybridized carbons (Fsp3) is 0. The number of rotatable bonds is 3. The second-order valence-corrected chi connectivity index (χ2v) is 9.38. The van der Waals surface area contributed by atoms with E-state index < -0.39 is 0 Å². The summed E-state index contributed by atoms with van der Waals surface area (Å²) in [6.45, 7) is 0. The van der Waals surface area contributed by atoms with Gasteiger partial charge in [0, 0.05) is 38.4 Å². The predicted molar refractivity (Wildman–Crippen MR) is 153 cm³/mol. The highest BCUT2D eigenvalue weighted by Crippen LogP contribution is 2.38. The lowest BCUT2D eigenvalue weighted by Gasteiger charge is -2.08. The van der Waals surface area contributed by atoms with Crippen molar-refractivity contribution in [2.24, 2.45) is 0 Å². The van der Waals surface area contributed by atoms with Crippen LogP contribution >= 0.6 is 0 Å². The molecule has 0 spiro atoms. The van der Waals surface area contributed by atoms with Crippen molar-refractivity contribution >= 4 is 43.7 Å². The number of aromatic nitrogens is 4. The van der Waals surface area contributed by atoms with Crippen LogP contribution < -0.4 is 0 Å². The van der Waals surface area contributed by atoms with Crippen LogP contribution in [0, 0.1) is 0 Å². The molecule has 5 aromatic carbocycles. The Morgan fingerprint density at radius 1 is 0.474 bits per heavy atom. The zero-order valence-corrected chi connectivity index (χ0v) is 20.2. The predicted octanol–water partition coefficient (Wildman–Crippen LogP) is 8.41. The lowest BCUT2D eigenvalue weighted by Crippen LogP contribution is -2.00. The lowest BCUT2D eigenvalue weighted by atomic mass is 10.1. The second kappa shape index (κ2) is 8.11. The highest BCUT2D eigenvalue weighted by molar-refractivity contribution is 6.23. The monoisotopic (exact) mass is 488 g/mol. The molecule has 1 N–H and O–H groups in total. The van der Waals surface area contributed by atoms with Gasteiger partial charge in [-0.25, -0.2) is 15.0 Å². The molecule has 5 nitrogen and oxygen atoms in total. The molecule has 3 aromatic heterocycles. The number of furan rings is 1. The molecule has 8 rings (SSSR count). The van der Waals surface area contributed by atoms with Crippen LogP contribution in [0.3, 0.4) is 0 Å². The molecule has 5 heteroatoms. The van der Waals surface area contributed by atoms with Crippen molar-refractivity contribution in [3.63, 3.8) is 0 Å². The molecule has 0 saturated heterocycles. The summed E-state index contributed by atoms with van der Waals surface area (Å²) < 4.78 is 6.26. The van der Waals surface area contributed by atoms with E-state index in [1.165, 1.54) is 10.8 Å². The standard InChI is InChI=1S/C33H20N4O/c1-3-9-20(10-4-1)31-35-32(21-11-5-2-6-12-21)37-33(36-31)22-15-17-27-25(19-22)29-28(38-27)18-16-24-23-13-7-8-14-26(23)34-30(24)29/h1-19,34H. The third-order valence-corrected chi connectivity index (χ3v) is 7.07. The number of para-hydroxylation sites is 1. The minimum absolute atomic E-state index is 0.623. The Balaban J connectivity index is 1.38. The van der Waals surface area contributed by atoms with E-state index in [0.29, 0.717) is 17.5 Å². The second-order valence-electron chi connectivity index (χ2n) is 9.38. The molecule has 0 saturated carbocycles. The van der Waals surface area contributed by atoms with Crippen LogP contribution in [-0.4, -0.2) is 19.9 Å². The minimum Gasteiger partial charge on any atom is -0.456 e. The van der Waals surface area contributed by atoms with E-state index in [1.54, 1.807) is 0 Å². The number of hydrogen-bond donors (Lipinski definition) is 1. The Morgan fingerprint density at radius 2 is 1.08 bits per heavy atom. The first-order valence-electron chi connectivity index (χ1n) is 12.5. The Kier molecular flexibility index (Phi) is 4.45. The van der Waals surface area contributed by atoms with Gasteiger partial charge >= 0.3 is 0 Å². The Hall–Kier alpha value is -5.29.